The van der Waals surface area contributed by atoms with Gasteiger partial charge in [-0.15, -0.1) is 0 Å². The minimum absolute atomic E-state index is 0.151. The normalized spacial score (nSPS) is 20.2. The van der Waals surface area contributed by atoms with E-state index in [0.717, 1.165) is 16.5 Å². The number of nitrogens with one attached hydrogen (secondary N) is 1. The monoisotopic (exact) mass is 404 g/mol. The van der Waals surface area contributed by atoms with Crippen LogP contribution in [0.4, 0.5) is 4.79 Å². The highest BCUT2D eigenvalue weighted by Gasteiger charge is 2.24. The molecule has 0 spiro atoms. The van der Waals surface area contributed by atoms with E-state index in [2.05, 4.69) is 23.5 Å². The van der Waals surface area contributed by atoms with Gasteiger partial charge in [-0.2, -0.15) is 0 Å². The van der Waals surface area contributed by atoms with Crippen LogP contribution in [-0.2, 0) is 14.2 Å². The fourth-order valence-electron chi connectivity index (χ4n) is 3.32. The Morgan fingerprint density at radius 2 is 2.10 bits per heavy atom. The molecule has 0 bridgehead atoms. The van der Waals surface area contributed by atoms with E-state index in [1.807, 2.05) is 18.2 Å². The van der Waals surface area contributed by atoms with Gasteiger partial charge in [0.05, 0.1) is 20.3 Å². The number of amides is 1. The summed E-state index contributed by atoms with van der Waals surface area (Å²) in [6.45, 7) is 1.34. The third kappa shape index (κ3) is 6.04. The number of carbonyl (C=O) groups excluding carboxylic acids is 1. The van der Waals surface area contributed by atoms with Crippen molar-refractivity contribution in [1.29, 1.82) is 0 Å². The lowest BCUT2D eigenvalue weighted by Crippen LogP contribution is -2.33. The number of ether oxygens (including phenoxy) is 4. The van der Waals surface area contributed by atoms with Crippen LogP contribution in [0.15, 0.2) is 36.4 Å². The van der Waals surface area contributed by atoms with Crippen LogP contribution in [0.2, 0.25) is 0 Å². The first-order chi connectivity index (χ1) is 14.1. The maximum atomic E-state index is 11.4. The number of alkyl carbamates (subject to hydrolysis) is 1. The van der Waals surface area contributed by atoms with Gasteiger partial charge in [-0.1, -0.05) is 24.3 Å². The standard InChI is InChI=1S/C21H28N2O6/c1-26-16-8-7-14-4-2-5-17(18(14)10-16)15-11-27-20(28-12-15)6-3-9-23-21(25)29-13-19(22)24/h2,4-5,7-8,10,15,19-20,24H,3,6,9,11-13,22H2,1H3,(H,23,25). The fourth-order valence-corrected chi connectivity index (χ4v) is 3.32. The highest BCUT2D eigenvalue weighted by atomic mass is 16.7. The molecule has 1 aliphatic rings. The Morgan fingerprint density at radius 1 is 1.31 bits per heavy atom. The lowest BCUT2D eigenvalue weighted by atomic mass is 9.94. The molecular weight excluding hydrogens is 376 g/mol. The Kier molecular flexibility index (Phi) is 7.65. The van der Waals surface area contributed by atoms with Gasteiger partial charge in [-0.25, -0.2) is 4.79 Å². The number of aliphatic hydroxyl groups is 1. The Balaban J connectivity index is 1.45. The number of rotatable bonds is 8. The Morgan fingerprint density at radius 3 is 2.83 bits per heavy atom. The molecule has 8 nitrogen and oxygen atoms in total. The lowest BCUT2D eigenvalue weighted by molar-refractivity contribution is -0.189. The third-order valence-corrected chi connectivity index (χ3v) is 4.80. The van der Waals surface area contributed by atoms with E-state index in [1.54, 1.807) is 7.11 Å². The topological polar surface area (TPSA) is 112 Å². The summed E-state index contributed by atoms with van der Waals surface area (Å²) >= 11 is 0. The van der Waals surface area contributed by atoms with Gasteiger partial charge in [-0.3, -0.25) is 0 Å². The Hall–Kier alpha value is -2.39. The molecule has 29 heavy (non-hydrogen) atoms. The minimum Gasteiger partial charge on any atom is -0.497 e. The first kappa shape index (κ1) is 21.3. The van der Waals surface area contributed by atoms with E-state index >= 15 is 0 Å². The van der Waals surface area contributed by atoms with Crippen LogP contribution in [0.25, 0.3) is 10.8 Å². The average molecular weight is 404 g/mol. The quantitative estimate of drug-likeness (QED) is 0.456. The van der Waals surface area contributed by atoms with Crippen molar-refractivity contribution in [2.45, 2.75) is 31.3 Å². The summed E-state index contributed by atoms with van der Waals surface area (Å²) in [4.78, 5) is 11.4. The van der Waals surface area contributed by atoms with Gasteiger partial charge in [0.15, 0.2) is 6.29 Å². The van der Waals surface area contributed by atoms with Crippen LogP contribution in [0.3, 0.4) is 0 Å². The van der Waals surface area contributed by atoms with Crippen LogP contribution in [0.1, 0.15) is 24.3 Å². The number of methoxy groups -OCH3 is 1. The van der Waals surface area contributed by atoms with Crippen molar-refractivity contribution < 1.29 is 28.8 Å². The van der Waals surface area contributed by atoms with Crippen LogP contribution < -0.4 is 15.8 Å². The minimum atomic E-state index is -1.17. The van der Waals surface area contributed by atoms with Crippen LogP contribution in [-0.4, -0.2) is 57.2 Å². The Labute approximate surface area is 169 Å². The summed E-state index contributed by atoms with van der Waals surface area (Å²) in [6.07, 6.45) is -0.719. The maximum absolute atomic E-state index is 11.4. The van der Waals surface area contributed by atoms with Gasteiger partial charge in [0.2, 0.25) is 0 Å². The van der Waals surface area contributed by atoms with E-state index in [4.69, 9.17) is 29.8 Å². The third-order valence-electron chi connectivity index (χ3n) is 4.80. The van der Waals surface area contributed by atoms with Gasteiger partial charge >= 0.3 is 6.09 Å². The average Bonchev–Trinajstić information content (AvgIpc) is 2.75. The van der Waals surface area contributed by atoms with E-state index in [0.29, 0.717) is 32.6 Å². The molecule has 1 aliphatic heterocycles. The van der Waals surface area contributed by atoms with E-state index < -0.39 is 12.3 Å². The zero-order chi connectivity index (χ0) is 20.6. The summed E-state index contributed by atoms with van der Waals surface area (Å²) < 4.78 is 21.9. The molecule has 0 aliphatic carbocycles. The smallest absolute Gasteiger partial charge is 0.407 e. The van der Waals surface area contributed by atoms with Crippen molar-refractivity contribution in [1.82, 2.24) is 5.32 Å². The van der Waals surface area contributed by atoms with Crippen LogP contribution >= 0.6 is 0 Å². The van der Waals surface area contributed by atoms with Gasteiger partial charge in [-0.05, 0) is 34.9 Å². The molecule has 2 aromatic carbocycles. The van der Waals surface area contributed by atoms with Gasteiger partial charge in [0.25, 0.3) is 0 Å². The van der Waals surface area contributed by atoms with Crippen molar-refractivity contribution in [3.63, 3.8) is 0 Å². The number of fused-ring (bicyclic) bond motifs is 1. The molecule has 1 heterocycles. The molecule has 158 valence electrons. The van der Waals surface area contributed by atoms with Crippen LogP contribution in [0.5, 0.6) is 5.75 Å². The second-order valence-corrected chi connectivity index (χ2v) is 6.96. The number of carbonyl (C=O) groups is 1. The molecule has 1 unspecified atom stereocenters. The summed E-state index contributed by atoms with van der Waals surface area (Å²) in [5.41, 5.74) is 6.29. The number of hydrogen-bond acceptors (Lipinski definition) is 7. The first-order valence-electron chi connectivity index (χ1n) is 9.71. The van der Waals surface area contributed by atoms with Crippen molar-refractivity contribution in [2.75, 3.05) is 33.5 Å². The van der Waals surface area contributed by atoms with Gasteiger partial charge in [0, 0.05) is 18.9 Å². The van der Waals surface area contributed by atoms with E-state index in [-0.39, 0.29) is 18.8 Å². The molecule has 1 fully saturated rings. The maximum Gasteiger partial charge on any atom is 0.407 e. The van der Waals surface area contributed by atoms with Crippen molar-refractivity contribution >= 4 is 16.9 Å². The molecule has 8 heteroatoms. The summed E-state index contributed by atoms with van der Waals surface area (Å²) in [7, 11) is 1.66. The van der Waals surface area contributed by atoms with Crippen molar-refractivity contribution in [3.05, 3.63) is 42.0 Å². The predicted octanol–water partition coefficient (Wildman–Crippen LogP) is 2.09. The predicted molar refractivity (Wildman–Crippen MR) is 108 cm³/mol. The molecule has 3 rings (SSSR count). The molecule has 4 N–H and O–H groups in total. The number of hydrogen-bond donors (Lipinski definition) is 3. The molecule has 1 saturated heterocycles. The number of nitrogens with two attached hydrogens (primary N) is 1. The van der Waals surface area contributed by atoms with E-state index in [9.17, 15) is 4.79 Å². The van der Waals surface area contributed by atoms with Gasteiger partial charge < -0.3 is 35.1 Å². The zero-order valence-electron chi connectivity index (χ0n) is 16.5. The largest absolute Gasteiger partial charge is 0.497 e. The Bertz CT molecular complexity index is 805. The zero-order valence-corrected chi connectivity index (χ0v) is 16.5. The number of aliphatic hydroxyl groups excluding tert-OH is 1. The first-order valence-corrected chi connectivity index (χ1v) is 9.71. The second-order valence-electron chi connectivity index (χ2n) is 6.96. The summed E-state index contributed by atoms with van der Waals surface area (Å²) in [5, 5.41) is 13.8. The molecule has 0 radical (unpaired) electrons. The number of benzene rings is 2. The van der Waals surface area contributed by atoms with Crippen molar-refractivity contribution in [2.24, 2.45) is 5.73 Å². The van der Waals surface area contributed by atoms with Gasteiger partial charge in [0.1, 0.15) is 18.6 Å². The molecule has 1 amide bonds. The summed E-state index contributed by atoms with van der Waals surface area (Å²) in [6, 6.07) is 12.3. The SMILES string of the molecule is COc1ccc2cccc(C3COC(CCCNC(=O)OCC(N)O)OC3)c2c1. The fraction of sp³-hybridized carbons (Fsp3) is 0.476. The molecule has 0 saturated carbocycles. The van der Waals surface area contributed by atoms with Crippen LogP contribution in [0, 0.1) is 0 Å². The molecule has 1 atom stereocenters. The summed E-state index contributed by atoms with van der Waals surface area (Å²) in [5.74, 6) is 0.977. The molecule has 0 aromatic heterocycles. The lowest BCUT2D eigenvalue weighted by Gasteiger charge is -2.30. The molecule has 2 aromatic rings. The highest BCUT2D eigenvalue weighted by Crippen LogP contribution is 2.31. The molecular formula is C21H28N2O6. The highest BCUT2D eigenvalue weighted by molar-refractivity contribution is 5.87. The van der Waals surface area contributed by atoms with E-state index in [1.165, 1.54) is 5.56 Å². The van der Waals surface area contributed by atoms with Crippen molar-refractivity contribution in [3.8, 4) is 5.75 Å². The second kappa shape index (κ2) is 10.4.